The first kappa shape index (κ1) is 21.4. The summed E-state index contributed by atoms with van der Waals surface area (Å²) in [7, 11) is 0. The largest absolute Gasteiger partial charge is 0.719 e. The first-order valence-corrected chi connectivity index (χ1v) is 7.86. The molecular weight excluding hydrogens is 292 g/mol. The second kappa shape index (κ2) is 11.9. The van der Waals surface area contributed by atoms with E-state index in [9.17, 15) is 4.79 Å². The van der Waals surface area contributed by atoms with E-state index in [0.717, 1.165) is 12.3 Å². The summed E-state index contributed by atoms with van der Waals surface area (Å²) in [6, 6.07) is 0. The van der Waals surface area contributed by atoms with Crippen molar-refractivity contribution in [3.63, 3.8) is 0 Å². The average molecular weight is 319 g/mol. The number of quaternary nitrogens is 1. The maximum atomic E-state index is 12.2. The van der Waals surface area contributed by atoms with Gasteiger partial charge in [-0.1, -0.05) is 33.9 Å². The molecule has 0 aromatic rings. The monoisotopic (exact) mass is 318 g/mol. The van der Waals surface area contributed by atoms with E-state index in [1.54, 1.807) is 0 Å². The van der Waals surface area contributed by atoms with Crippen LogP contribution in [0.2, 0.25) is 0 Å². The fraction of sp³-hybridized carbons (Fsp3) is 0.571. The predicted octanol–water partition coefficient (Wildman–Crippen LogP) is 3.32. The van der Waals surface area contributed by atoms with Crippen LogP contribution in [0, 0.1) is 5.92 Å². The zero-order valence-electron chi connectivity index (χ0n) is 12.6. The number of hydrogen-bond acceptors (Lipinski definition) is 4. The Labute approximate surface area is 132 Å². The molecule has 0 aliphatic rings. The normalized spacial score (nSPS) is 10.4. The molecule has 0 unspecified atom stereocenters. The maximum absolute atomic E-state index is 12.2. The van der Waals surface area contributed by atoms with Gasteiger partial charge in [0.1, 0.15) is 13.1 Å². The van der Waals surface area contributed by atoms with Crippen LogP contribution in [-0.2, 0) is 12.6 Å². The van der Waals surface area contributed by atoms with Gasteiger partial charge >= 0.3 is 5.24 Å². The molecule has 116 valence electrons. The van der Waals surface area contributed by atoms with Crippen molar-refractivity contribution in [2.75, 3.05) is 25.4 Å². The molecule has 0 saturated carbocycles. The molecule has 0 atom stereocenters. The van der Waals surface area contributed by atoms with Crippen LogP contribution in [0.1, 0.15) is 20.8 Å². The van der Waals surface area contributed by atoms with Crippen LogP contribution in [0.5, 0.6) is 0 Å². The van der Waals surface area contributed by atoms with E-state index in [0.29, 0.717) is 23.5 Å². The van der Waals surface area contributed by atoms with Gasteiger partial charge in [-0.05, 0) is 23.9 Å². The van der Waals surface area contributed by atoms with E-state index in [1.807, 2.05) is 19.1 Å². The molecule has 0 fully saturated rings. The smallest absolute Gasteiger partial charge is 0.375 e. The van der Waals surface area contributed by atoms with Crippen LogP contribution >= 0.6 is 11.8 Å². The highest BCUT2D eigenvalue weighted by molar-refractivity contribution is 8.13. The molecule has 0 spiro atoms. The highest BCUT2D eigenvalue weighted by Crippen LogP contribution is 2.21. The van der Waals surface area contributed by atoms with E-state index >= 15 is 0 Å². The minimum atomic E-state index is -0.750. The van der Waals surface area contributed by atoms with E-state index in [-0.39, 0.29) is 5.24 Å². The SMILES string of the molecule is C=CC[N+](CC=C)(CC(C)C)C(=O)SCC.NC(=O)[S-]. The zero-order chi connectivity index (χ0) is 16.2. The van der Waals surface area contributed by atoms with Crippen LogP contribution in [0.15, 0.2) is 25.3 Å². The Morgan fingerprint density at radius 2 is 1.70 bits per heavy atom. The Hall–Kier alpha value is -0.850. The molecule has 0 heterocycles. The molecule has 0 aliphatic heterocycles. The second-order valence-corrected chi connectivity index (χ2v) is 6.30. The number of nitrogens with two attached hydrogens (primary N) is 1. The van der Waals surface area contributed by atoms with Crippen molar-refractivity contribution >= 4 is 34.9 Å². The summed E-state index contributed by atoms with van der Waals surface area (Å²) < 4.78 is 0.448. The quantitative estimate of drug-likeness (QED) is 0.444. The van der Waals surface area contributed by atoms with Crippen molar-refractivity contribution in [2.24, 2.45) is 11.7 Å². The maximum Gasteiger partial charge on any atom is 0.375 e. The van der Waals surface area contributed by atoms with Gasteiger partial charge in [-0.15, -0.1) is 0 Å². The van der Waals surface area contributed by atoms with Crippen LogP contribution < -0.4 is 5.73 Å². The molecule has 0 saturated heterocycles. The van der Waals surface area contributed by atoms with Crippen LogP contribution in [-0.4, -0.2) is 40.3 Å². The molecule has 0 rings (SSSR count). The molecule has 0 radical (unpaired) electrons. The first-order chi connectivity index (χ1) is 9.25. The Kier molecular flexibility index (Phi) is 12.8. The van der Waals surface area contributed by atoms with Crippen molar-refractivity contribution in [2.45, 2.75) is 20.8 Å². The van der Waals surface area contributed by atoms with Crippen molar-refractivity contribution < 1.29 is 14.1 Å². The number of rotatable bonds is 7. The van der Waals surface area contributed by atoms with Crippen molar-refractivity contribution in [1.82, 2.24) is 0 Å². The van der Waals surface area contributed by atoms with E-state index < -0.39 is 5.24 Å². The fourth-order valence-electron chi connectivity index (χ4n) is 1.90. The summed E-state index contributed by atoms with van der Waals surface area (Å²) in [5.74, 6) is 1.31. The van der Waals surface area contributed by atoms with Gasteiger partial charge in [-0.3, -0.25) is 0 Å². The van der Waals surface area contributed by atoms with Crippen molar-refractivity contribution in [3.8, 4) is 0 Å². The van der Waals surface area contributed by atoms with Gasteiger partial charge in [-0.25, -0.2) is 9.28 Å². The molecule has 4 nitrogen and oxygen atoms in total. The lowest BCUT2D eigenvalue weighted by atomic mass is 10.1. The lowest BCUT2D eigenvalue weighted by Gasteiger charge is -2.34. The predicted molar refractivity (Wildman–Crippen MR) is 90.6 cm³/mol. The van der Waals surface area contributed by atoms with Gasteiger partial charge in [0.2, 0.25) is 0 Å². The van der Waals surface area contributed by atoms with E-state index in [1.165, 1.54) is 11.8 Å². The highest BCUT2D eigenvalue weighted by atomic mass is 32.2. The van der Waals surface area contributed by atoms with Gasteiger partial charge in [0.25, 0.3) is 0 Å². The summed E-state index contributed by atoms with van der Waals surface area (Å²) >= 11 is 5.16. The third-order valence-corrected chi connectivity index (χ3v) is 3.25. The fourth-order valence-corrected chi connectivity index (χ4v) is 2.65. The molecule has 20 heavy (non-hydrogen) atoms. The molecule has 2 amide bonds. The van der Waals surface area contributed by atoms with E-state index in [2.05, 4.69) is 45.4 Å². The van der Waals surface area contributed by atoms with Crippen LogP contribution in [0.4, 0.5) is 9.59 Å². The standard InChI is InChI=1S/C13H24NOS.CH3NOS/c1-6-9-14(10-7-2,11-12(4)5)13(15)16-8-3;2-1(3)4/h6-7,12H,1-2,8-11H2,3-5H3;(H3,2,3,4)/q+1;/p-1. The van der Waals surface area contributed by atoms with Crippen molar-refractivity contribution in [1.29, 1.82) is 0 Å². The summed E-state index contributed by atoms with van der Waals surface area (Å²) in [6.45, 7) is 16.1. The Morgan fingerprint density at radius 3 is 1.95 bits per heavy atom. The Bertz CT molecular complexity index is 317. The lowest BCUT2D eigenvalue weighted by molar-refractivity contribution is -0.835. The molecule has 0 bridgehead atoms. The number of hydrogen-bond donors (Lipinski definition) is 1. The first-order valence-electron chi connectivity index (χ1n) is 6.47. The molecule has 2 N–H and O–H groups in total. The number of amides is 2. The third kappa shape index (κ3) is 10.00. The summed E-state index contributed by atoms with van der Waals surface area (Å²) in [5.41, 5.74) is 4.29. The van der Waals surface area contributed by atoms with Crippen LogP contribution in [0.25, 0.3) is 0 Å². The molecule has 0 aromatic heterocycles. The molecule has 6 heteroatoms. The van der Waals surface area contributed by atoms with Gasteiger partial charge < -0.3 is 23.2 Å². The Morgan fingerprint density at radius 1 is 1.30 bits per heavy atom. The van der Waals surface area contributed by atoms with Gasteiger partial charge in [0.05, 0.1) is 11.8 Å². The molecule has 0 aliphatic carbocycles. The van der Waals surface area contributed by atoms with Crippen LogP contribution in [0.3, 0.4) is 0 Å². The minimum Gasteiger partial charge on any atom is -0.719 e. The summed E-state index contributed by atoms with van der Waals surface area (Å²) in [5, 5.41) is -0.518. The van der Waals surface area contributed by atoms with Gasteiger partial charge in [0, 0.05) is 11.7 Å². The number of primary amides is 1. The second-order valence-electron chi connectivity index (χ2n) is 4.68. The van der Waals surface area contributed by atoms with Gasteiger partial charge in [0.15, 0.2) is 0 Å². The average Bonchev–Trinajstić information content (AvgIpc) is 2.28. The highest BCUT2D eigenvalue weighted by Gasteiger charge is 2.34. The zero-order valence-corrected chi connectivity index (χ0v) is 14.3. The lowest BCUT2D eigenvalue weighted by Crippen LogP contribution is -2.53. The van der Waals surface area contributed by atoms with Gasteiger partial charge in [-0.2, -0.15) is 0 Å². The number of carbonyl (C=O) groups excluding carboxylic acids is 2. The van der Waals surface area contributed by atoms with E-state index in [4.69, 9.17) is 4.79 Å². The Balaban J connectivity index is 0. The third-order valence-electron chi connectivity index (χ3n) is 2.33. The summed E-state index contributed by atoms with van der Waals surface area (Å²) in [4.78, 5) is 21.3. The minimum absolute atomic E-state index is 0.232. The number of thioether (sulfide) groups is 1. The van der Waals surface area contributed by atoms with Crippen molar-refractivity contribution in [3.05, 3.63) is 25.3 Å². The number of carbonyl (C=O) groups is 2. The molecule has 0 aromatic carbocycles. The summed E-state index contributed by atoms with van der Waals surface area (Å²) in [6.07, 6.45) is 3.67. The molecular formula is C14H26N2O2S2. The number of nitrogens with zero attached hydrogens (tertiary/aromatic N) is 1. The topological polar surface area (TPSA) is 60.2 Å².